The summed E-state index contributed by atoms with van der Waals surface area (Å²) in [5.74, 6) is 0. The van der Waals surface area contributed by atoms with Crippen molar-refractivity contribution in [3.8, 4) is 0 Å². The molecule has 6 heteroatoms. The summed E-state index contributed by atoms with van der Waals surface area (Å²) in [6.07, 6.45) is -8.51. The number of alkyl halides is 2. The fraction of sp³-hybridized carbons (Fsp3) is 0.833. The van der Waals surface area contributed by atoms with E-state index in [1.807, 2.05) is 0 Å². The predicted molar refractivity (Wildman–Crippen MR) is 35.0 cm³/mol. The van der Waals surface area contributed by atoms with Crippen molar-refractivity contribution < 1.29 is 28.9 Å². The minimum absolute atomic E-state index is 0.0950. The topological polar surface area (TPSA) is 77.8 Å². The Morgan fingerprint density at radius 2 is 1.83 bits per heavy atom. The molecular weight excluding hydrogens is 174 g/mol. The van der Waals surface area contributed by atoms with E-state index in [-0.39, 0.29) is 6.29 Å². The van der Waals surface area contributed by atoms with Crippen molar-refractivity contribution in [2.45, 2.75) is 24.5 Å². The molecule has 0 aliphatic rings. The van der Waals surface area contributed by atoms with Crippen LogP contribution >= 0.6 is 0 Å². The van der Waals surface area contributed by atoms with Crippen molar-refractivity contribution in [1.29, 1.82) is 0 Å². The molecule has 4 atom stereocenters. The number of halogens is 2. The minimum Gasteiger partial charge on any atom is -0.387 e. The lowest BCUT2D eigenvalue weighted by atomic mass is 10.1. The van der Waals surface area contributed by atoms with E-state index in [1.54, 1.807) is 0 Å². The van der Waals surface area contributed by atoms with Crippen LogP contribution in [-0.2, 0) is 4.79 Å². The Morgan fingerprint density at radius 3 is 2.17 bits per heavy atom. The zero-order valence-electron chi connectivity index (χ0n) is 6.10. The third-order valence-corrected chi connectivity index (χ3v) is 1.34. The maximum Gasteiger partial charge on any atom is 0.157 e. The van der Waals surface area contributed by atoms with Gasteiger partial charge in [-0.1, -0.05) is 0 Å². The molecule has 0 amide bonds. The van der Waals surface area contributed by atoms with Gasteiger partial charge in [-0.25, -0.2) is 8.78 Å². The van der Waals surface area contributed by atoms with Gasteiger partial charge in [0.25, 0.3) is 0 Å². The summed E-state index contributed by atoms with van der Waals surface area (Å²) in [7, 11) is 0. The molecule has 0 saturated heterocycles. The molecule has 0 aromatic carbocycles. The predicted octanol–water partition coefficient (Wildman–Crippen LogP) is -1.42. The monoisotopic (exact) mass is 184 g/mol. The van der Waals surface area contributed by atoms with Gasteiger partial charge in [-0.05, 0) is 0 Å². The summed E-state index contributed by atoms with van der Waals surface area (Å²) in [6, 6.07) is 0. The van der Waals surface area contributed by atoms with Gasteiger partial charge in [-0.15, -0.1) is 0 Å². The first-order valence-electron chi connectivity index (χ1n) is 3.24. The van der Waals surface area contributed by atoms with Crippen molar-refractivity contribution >= 4 is 6.29 Å². The summed E-state index contributed by atoms with van der Waals surface area (Å²) < 4.78 is 24.2. The average Bonchev–Trinajstić information content (AvgIpc) is 2.12. The van der Waals surface area contributed by atoms with Crippen molar-refractivity contribution in [3.05, 3.63) is 0 Å². The number of rotatable bonds is 5. The van der Waals surface area contributed by atoms with Gasteiger partial charge in [0, 0.05) is 0 Å². The zero-order valence-corrected chi connectivity index (χ0v) is 6.10. The van der Waals surface area contributed by atoms with E-state index in [1.165, 1.54) is 0 Å². The molecule has 0 unspecified atom stereocenters. The number of carbonyl (C=O) groups excluding carboxylic acids is 1. The molecule has 0 rings (SSSR count). The fourth-order valence-corrected chi connectivity index (χ4v) is 0.582. The summed E-state index contributed by atoms with van der Waals surface area (Å²) in [6.45, 7) is -1.39. The summed E-state index contributed by atoms with van der Waals surface area (Å²) in [4.78, 5) is 9.81. The molecule has 72 valence electrons. The van der Waals surface area contributed by atoms with Gasteiger partial charge >= 0.3 is 0 Å². The van der Waals surface area contributed by atoms with Gasteiger partial charge in [-0.2, -0.15) is 0 Å². The zero-order chi connectivity index (χ0) is 9.72. The van der Waals surface area contributed by atoms with Crippen molar-refractivity contribution in [2.24, 2.45) is 0 Å². The molecule has 0 aliphatic carbocycles. The lowest BCUT2D eigenvalue weighted by Gasteiger charge is -2.19. The smallest absolute Gasteiger partial charge is 0.157 e. The maximum absolute atomic E-state index is 12.6. The lowest BCUT2D eigenvalue weighted by Crippen LogP contribution is -2.43. The molecule has 0 fully saturated rings. The largest absolute Gasteiger partial charge is 0.387 e. The van der Waals surface area contributed by atoms with Crippen LogP contribution in [0.2, 0.25) is 0 Å². The Bertz CT molecular complexity index is 144. The van der Waals surface area contributed by atoms with Gasteiger partial charge in [0.2, 0.25) is 0 Å². The van der Waals surface area contributed by atoms with Crippen LogP contribution in [0.3, 0.4) is 0 Å². The van der Waals surface area contributed by atoms with E-state index in [9.17, 15) is 13.6 Å². The summed E-state index contributed by atoms with van der Waals surface area (Å²) in [5.41, 5.74) is 0. The number of carbonyl (C=O) groups is 1. The quantitative estimate of drug-likeness (QED) is 0.458. The van der Waals surface area contributed by atoms with Gasteiger partial charge < -0.3 is 20.1 Å². The first-order chi connectivity index (χ1) is 5.54. The third kappa shape index (κ3) is 2.80. The van der Waals surface area contributed by atoms with Gasteiger partial charge in [0.15, 0.2) is 12.5 Å². The number of aliphatic hydroxyl groups excluding tert-OH is 3. The molecule has 0 saturated carbocycles. The van der Waals surface area contributed by atoms with E-state index in [0.717, 1.165) is 0 Å². The molecule has 0 radical (unpaired) electrons. The molecule has 0 aromatic heterocycles. The highest BCUT2D eigenvalue weighted by Gasteiger charge is 2.31. The van der Waals surface area contributed by atoms with Crippen LogP contribution in [0.25, 0.3) is 0 Å². The third-order valence-electron chi connectivity index (χ3n) is 1.34. The fourth-order valence-electron chi connectivity index (χ4n) is 0.582. The second kappa shape index (κ2) is 5.13. The Morgan fingerprint density at radius 1 is 1.33 bits per heavy atom. The van der Waals surface area contributed by atoms with Crippen molar-refractivity contribution in [2.75, 3.05) is 6.67 Å². The molecule has 4 nitrogen and oxygen atoms in total. The van der Waals surface area contributed by atoms with Crippen LogP contribution < -0.4 is 0 Å². The maximum atomic E-state index is 12.6. The van der Waals surface area contributed by atoms with Crippen LogP contribution in [0.1, 0.15) is 0 Å². The number of aliphatic hydroxyl groups is 3. The molecule has 0 bridgehead atoms. The van der Waals surface area contributed by atoms with Crippen molar-refractivity contribution in [1.82, 2.24) is 0 Å². The molecule has 0 aliphatic heterocycles. The van der Waals surface area contributed by atoms with Crippen LogP contribution in [0.4, 0.5) is 8.78 Å². The molecular formula is C6H10F2O4. The lowest BCUT2D eigenvalue weighted by molar-refractivity contribution is -0.127. The highest BCUT2D eigenvalue weighted by Crippen LogP contribution is 2.08. The van der Waals surface area contributed by atoms with E-state index in [4.69, 9.17) is 15.3 Å². The second-order valence-electron chi connectivity index (χ2n) is 2.28. The standard InChI is InChI=1S/C6H10F2O4/c7-1-3(10)5(8)6(12)4(11)2-9/h2-6,10-12H,1H2/t3-,4+,5-,6-/m1/s1. The highest BCUT2D eigenvalue weighted by atomic mass is 19.1. The van der Waals surface area contributed by atoms with E-state index >= 15 is 0 Å². The molecule has 12 heavy (non-hydrogen) atoms. The molecule has 0 aromatic rings. The van der Waals surface area contributed by atoms with Crippen molar-refractivity contribution in [3.63, 3.8) is 0 Å². The number of aldehydes is 1. The van der Waals surface area contributed by atoms with E-state index < -0.39 is 31.2 Å². The number of hydrogen-bond donors (Lipinski definition) is 3. The highest BCUT2D eigenvalue weighted by molar-refractivity contribution is 5.56. The first-order valence-corrected chi connectivity index (χ1v) is 3.24. The van der Waals surface area contributed by atoms with Gasteiger partial charge in [-0.3, -0.25) is 0 Å². The number of hydrogen-bond acceptors (Lipinski definition) is 4. The molecule has 0 spiro atoms. The molecule has 0 heterocycles. The summed E-state index contributed by atoms with van der Waals surface area (Å²) in [5, 5.41) is 25.8. The SMILES string of the molecule is O=C[C@H](O)[C@@H](O)[C@H](F)[C@H](O)CF. The van der Waals surface area contributed by atoms with E-state index in [2.05, 4.69) is 0 Å². The average molecular weight is 184 g/mol. The van der Waals surface area contributed by atoms with Gasteiger partial charge in [0.05, 0.1) is 0 Å². The van der Waals surface area contributed by atoms with Crippen LogP contribution in [-0.4, -0.2) is 52.8 Å². The Balaban J connectivity index is 4.07. The Hall–Kier alpha value is -0.590. The van der Waals surface area contributed by atoms with Gasteiger partial charge in [0.1, 0.15) is 25.0 Å². The minimum atomic E-state index is -2.37. The van der Waals surface area contributed by atoms with Crippen LogP contribution in [0, 0.1) is 0 Å². The Labute approximate surface area is 67.4 Å². The second-order valence-corrected chi connectivity index (χ2v) is 2.28. The van der Waals surface area contributed by atoms with E-state index in [0.29, 0.717) is 0 Å². The normalized spacial score (nSPS) is 21.1. The molecule has 3 N–H and O–H groups in total. The van der Waals surface area contributed by atoms with Crippen LogP contribution in [0.5, 0.6) is 0 Å². The Kier molecular flexibility index (Phi) is 4.87. The first kappa shape index (κ1) is 11.4. The summed E-state index contributed by atoms with van der Waals surface area (Å²) >= 11 is 0. The van der Waals surface area contributed by atoms with Crippen LogP contribution in [0.15, 0.2) is 0 Å².